The number of aliphatic hydroxyl groups is 1. The van der Waals surface area contributed by atoms with E-state index in [0.29, 0.717) is 25.7 Å². The second-order valence-electron chi connectivity index (χ2n) is 28.5. The van der Waals surface area contributed by atoms with Crippen molar-refractivity contribution in [2.24, 2.45) is 23.7 Å². The molecular weight excluding hydrogens is 1230 g/mol. The quantitative estimate of drug-likeness (QED) is 0.0222. The van der Waals surface area contributed by atoms with Crippen molar-refractivity contribution in [3.05, 3.63) is 0 Å². The Kier molecular flexibility index (Phi) is 63.1. The number of esters is 4. The van der Waals surface area contributed by atoms with Crippen LogP contribution in [-0.4, -0.2) is 96.7 Å². The molecule has 0 amide bonds. The van der Waals surface area contributed by atoms with Gasteiger partial charge >= 0.3 is 39.5 Å². The minimum absolute atomic E-state index is 0.102. The lowest BCUT2D eigenvalue weighted by atomic mass is 10.00. The van der Waals surface area contributed by atoms with Gasteiger partial charge in [-0.15, -0.1) is 0 Å². The van der Waals surface area contributed by atoms with E-state index in [1.165, 1.54) is 173 Å². The maximum atomic E-state index is 13.1. The SMILES string of the molecule is CCC(C)CCCCCCCCC(=O)OC[C@H](COP(=O)(O)OC[C@H](O)COP(=O)(O)OC[C@@H](COC(=O)CCCCCCCCCCCCCCCCC(C)C)OC(=O)CCCCCCCCCCCCCCCCC(C)C)OC(=O)CCCCCCCCC(C)CC. The molecule has 558 valence electrons. The first kappa shape index (κ1) is 92.1. The summed E-state index contributed by atoms with van der Waals surface area (Å²) >= 11 is 0. The van der Waals surface area contributed by atoms with Crippen molar-refractivity contribution in [3.63, 3.8) is 0 Å². The predicted octanol–water partition coefficient (Wildman–Crippen LogP) is 21.7. The highest BCUT2D eigenvalue weighted by Crippen LogP contribution is 2.45. The Morgan fingerprint density at radius 1 is 0.298 bits per heavy atom. The number of aliphatic hydroxyl groups excluding tert-OH is 1. The van der Waals surface area contributed by atoms with Crippen LogP contribution < -0.4 is 0 Å². The molecule has 7 atom stereocenters. The lowest BCUT2D eigenvalue weighted by Gasteiger charge is -2.21. The van der Waals surface area contributed by atoms with Crippen LogP contribution in [0.1, 0.15) is 376 Å². The van der Waals surface area contributed by atoms with Crippen LogP contribution in [0, 0.1) is 23.7 Å². The van der Waals surface area contributed by atoms with Gasteiger partial charge in [-0.3, -0.25) is 37.3 Å². The summed E-state index contributed by atoms with van der Waals surface area (Å²) in [6.07, 6.45) is 48.7. The molecule has 0 aromatic heterocycles. The third-order valence-corrected chi connectivity index (χ3v) is 19.9. The Morgan fingerprint density at radius 2 is 0.511 bits per heavy atom. The summed E-state index contributed by atoms with van der Waals surface area (Å²) in [5.74, 6) is 0.920. The fourth-order valence-electron chi connectivity index (χ4n) is 11.3. The van der Waals surface area contributed by atoms with Crippen LogP contribution in [0.15, 0.2) is 0 Å². The number of hydrogen-bond donors (Lipinski definition) is 3. The first-order chi connectivity index (χ1) is 45.2. The Balaban J connectivity index is 5.24. The van der Waals surface area contributed by atoms with E-state index < -0.39 is 97.5 Å². The van der Waals surface area contributed by atoms with E-state index in [0.717, 1.165) is 120 Å². The molecule has 0 aromatic carbocycles. The molecule has 4 unspecified atom stereocenters. The van der Waals surface area contributed by atoms with Gasteiger partial charge in [-0.1, -0.05) is 325 Å². The molecule has 0 heterocycles. The normalized spacial score (nSPS) is 14.7. The second-order valence-corrected chi connectivity index (χ2v) is 31.4. The van der Waals surface area contributed by atoms with Crippen molar-refractivity contribution >= 4 is 39.5 Å². The predicted molar refractivity (Wildman–Crippen MR) is 381 cm³/mol. The van der Waals surface area contributed by atoms with E-state index in [2.05, 4.69) is 55.4 Å². The molecule has 0 saturated heterocycles. The first-order valence-electron chi connectivity index (χ1n) is 38.8. The van der Waals surface area contributed by atoms with Crippen LogP contribution in [0.5, 0.6) is 0 Å². The summed E-state index contributed by atoms with van der Waals surface area (Å²) in [6, 6.07) is 0. The fourth-order valence-corrected chi connectivity index (χ4v) is 12.9. The number of ether oxygens (including phenoxy) is 4. The number of phosphoric ester groups is 2. The average Bonchev–Trinajstić information content (AvgIpc) is 1.85. The van der Waals surface area contributed by atoms with Gasteiger partial charge in [0, 0.05) is 25.7 Å². The van der Waals surface area contributed by atoms with E-state index in [9.17, 15) is 43.2 Å². The van der Waals surface area contributed by atoms with Gasteiger partial charge in [0.1, 0.15) is 19.3 Å². The summed E-state index contributed by atoms with van der Waals surface area (Å²) in [5, 5.41) is 10.6. The van der Waals surface area contributed by atoms with Crippen molar-refractivity contribution in [1.82, 2.24) is 0 Å². The van der Waals surface area contributed by atoms with Gasteiger partial charge in [-0.2, -0.15) is 0 Å². The van der Waals surface area contributed by atoms with Gasteiger partial charge < -0.3 is 33.8 Å². The molecule has 0 rings (SSSR count). The summed E-state index contributed by atoms with van der Waals surface area (Å²) in [5.41, 5.74) is 0. The monoisotopic (exact) mass is 1380 g/mol. The van der Waals surface area contributed by atoms with Gasteiger partial charge in [0.05, 0.1) is 26.4 Å². The highest BCUT2D eigenvalue weighted by Gasteiger charge is 2.30. The van der Waals surface area contributed by atoms with Crippen LogP contribution in [0.3, 0.4) is 0 Å². The standard InChI is InChI=1S/C75H146O17P2/c1-9-67(7)53-45-37-31-33-40-48-56-73(78)86-62-71(92-75(80)58-50-42-34-32-38-46-54-68(8)10-2)64-90-94(83,84)88-60-69(76)59-87-93(81,82)89-63-70(91-74(79)57-49-41-30-26-22-18-14-12-16-20-24-28-36-44-52-66(5)6)61-85-72(77)55-47-39-29-25-21-17-13-11-15-19-23-27-35-43-51-65(3)4/h65-71,76H,9-64H2,1-8H3,(H,81,82)(H,83,84)/t67?,68?,69-,70-,71-/m1/s1. The van der Waals surface area contributed by atoms with Gasteiger partial charge in [0.15, 0.2) is 12.2 Å². The van der Waals surface area contributed by atoms with E-state index in [1.807, 2.05) is 0 Å². The summed E-state index contributed by atoms with van der Waals surface area (Å²) in [6.45, 7) is 14.1. The van der Waals surface area contributed by atoms with Crippen LogP contribution in [-0.2, 0) is 65.4 Å². The molecule has 94 heavy (non-hydrogen) atoms. The number of unbranched alkanes of at least 4 members (excludes halogenated alkanes) is 36. The smallest absolute Gasteiger partial charge is 0.462 e. The highest BCUT2D eigenvalue weighted by molar-refractivity contribution is 7.47. The van der Waals surface area contributed by atoms with Gasteiger partial charge in [-0.05, 0) is 49.4 Å². The molecule has 0 saturated carbocycles. The molecule has 0 fully saturated rings. The zero-order valence-electron chi connectivity index (χ0n) is 61.6. The first-order valence-corrected chi connectivity index (χ1v) is 41.8. The number of rotatable bonds is 72. The van der Waals surface area contributed by atoms with Crippen LogP contribution in [0.2, 0.25) is 0 Å². The molecule has 17 nitrogen and oxygen atoms in total. The van der Waals surface area contributed by atoms with Crippen molar-refractivity contribution in [1.29, 1.82) is 0 Å². The molecule has 0 radical (unpaired) electrons. The topological polar surface area (TPSA) is 237 Å². The Morgan fingerprint density at radius 3 is 0.755 bits per heavy atom. The zero-order valence-corrected chi connectivity index (χ0v) is 63.4. The number of carbonyl (C=O) groups excluding carboxylic acids is 4. The third-order valence-electron chi connectivity index (χ3n) is 18.0. The molecule has 3 N–H and O–H groups in total. The van der Waals surface area contributed by atoms with Crippen molar-refractivity contribution in [2.75, 3.05) is 39.6 Å². The van der Waals surface area contributed by atoms with Crippen LogP contribution >= 0.6 is 15.6 Å². The third kappa shape index (κ3) is 66.0. The molecule has 0 aliphatic carbocycles. The van der Waals surface area contributed by atoms with Crippen LogP contribution in [0.25, 0.3) is 0 Å². The van der Waals surface area contributed by atoms with E-state index in [1.54, 1.807) is 0 Å². The highest BCUT2D eigenvalue weighted by atomic mass is 31.2. The second kappa shape index (κ2) is 64.4. The molecule has 0 bridgehead atoms. The molecule has 0 spiro atoms. The molecule has 0 aliphatic heterocycles. The Labute approximate surface area is 575 Å². The van der Waals surface area contributed by atoms with E-state index in [-0.39, 0.29) is 25.7 Å². The number of phosphoric acid groups is 2. The largest absolute Gasteiger partial charge is 0.472 e. The number of carbonyl (C=O) groups is 4. The lowest BCUT2D eigenvalue weighted by Crippen LogP contribution is -2.30. The van der Waals surface area contributed by atoms with Gasteiger partial charge in [0.25, 0.3) is 0 Å². The maximum absolute atomic E-state index is 13.1. The summed E-state index contributed by atoms with van der Waals surface area (Å²) in [7, 11) is -9.91. The van der Waals surface area contributed by atoms with E-state index >= 15 is 0 Å². The van der Waals surface area contributed by atoms with Crippen LogP contribution in [0.4, 0.5) is 0 Å². The fraction of sp³-hybridized carbons (Fsp3) is 0.947. The molecular formula is C75H146O17P2. The maximum Gasteiger partial charge on any atom is 0.472 e. The Hall–Kier alpha value is -1.94. The van der Waals surface area contributed by atoms with E-state index in [4.69, 9.17) is 37.0 Å². The minimum atomic E-state index is -4.96. The van der Waals surface area contributed by atoms with Crippen molar-refractivity contribution in [3.8, 4) is 0 Å². The van der Waals surface area contributed by atoms with Gasteiger partial charge in [0.2, 0.25) is 0 Å². The molecule has 0 aromatic rings. The minimum Gasteiger partial charge on any atom is -0.462 e. The van der Waals surface area contributed by atoms with Crippen molar-refractivity contribution in [2.45, 2.75) is 395 Å². The zero-order chi connectivity index (χ0) is 69.6. The lowest BCUT2D eigenvalue weighted by molar-refractivity contribution is -0.161. The summed E-state index contributed by atoms with van der Waals surface area (Å²) in [4.78, 5) is 72.7. The molecule has 0 aliphatic rings. The molecule has 19 heteroatoms. The average molecular weight is 1380 g/mol. The van der Waals surface area contributed by atoms with Crippen molar-refractivity contribution < 1.29 is 80.2 Å². The van der Waals surface area contributed by atoms with Gasteiger partial charge in [-0.25, -0.2) is 9.13 Å². The number of hydrogen-bond acceptors (Lipinski definition) is 15. The Bertz CT molecular complexity index is 1850. The summed E-state index contributed by atoms with van der Waals surface area (Å²) < 4.78 is 68.4.